The number of aryl methyl sites for hydroxylation is 1. The molecule has 0 unspecified atom stereocenters. The number of hydrogen-bond acceptors (Lipinski definition) is 5. The maximum Gasteiger partial charge on any atom is 0.264 e. The third kappa shape index (κ3) is 2.92. The molecule has 1 atom stereocenters. The molecule has 23 heavy (non-hydrogen) atoms. The second-order valence-corrected chi connectivity index (χ2v) is 7.04. The van der Waals surface area contributed by atoms with Crippen molar-refractivity contribution in [1.29, 1.82) is 0 Å². The average Bonchev–Trinajstić information content (AvgIpc) is 2.92. The Kier molecular flexibility index (Phi) is 4.80. The van der Waals surface area contributed by atoms with Crippen molar-refractivity contribution in [1.82, 2.24) is 14.9 Å². The zero-order chi connectivity index (χ0) is 16.4. The van der Waals surface area contributed by atoms with Gasteiger partial charge in [0.05, 0.1) is 10.3 Å². The summed E-state index contributed by atoms with van der Waals surface area (Å²) in [5.41, 5.74) is 1.01. The van der Waals surface area contributed by atoms with Gasteiger partial charge in [0.2, 0.25) is 0 Å². The van der Waals surface area contributed by atoms with Crippen LogP contribution in [0.15, 0.2) is 6.33 Å². The van der Waals surface area contributed by atoms with Crippen LogP contribution in [0.5, 0.6) is 0 Å². The van der Waals surface area contributed by atoms with Gasteiger partial charge in [-0.25, -0.2) is 9.97 Å². The zero-order valence-corrected chi connectivity index (χ0v) is 14.9. The molecule has 124 valence electrons. The number of fused-ring (bicyclic) bond motifs is 1. The molecule has 2 aromatic heterocycles. The number of thiophene rings is 1. The van der Waals surface area contributed by atoms with Gasteiger partial charge in [0.25, 0.3) is 5.91 Å². The molecular formula is C17H24N4OS. The molecule has 0 radical (unpaired) electrons. The predicted molar refractivity (Wildman–Crippen MR) is 95.3 cm³/mol. The number of carbonyl (C=O) groups is 1. The molecule has 0 saturated carbocycles. The van der Waals surface area contributed by atoms with Gasteiger partial charge < -0.3 is 10.2 Å². The minimum Gasteiger partial charge on any atom is -0.370 e. The lowest BCUT2D eigenvalue weighted by molar-refractivity contribution is 0.0612. The van der Waals surface area contributed by atoms with Crippen LogP contribution in [0, 0.1) is 6.92 Å². The minimum absolute atomic E-state index is 0.166. The second kappa shape index (κ2) is 6.83. The monoisotopic (exact) mass is 332 g/mol. The Morgan fingerprint density at radius 3 is 2.96 bits per heavy atom. The summed E-state index contributed by atoms with van der Waals surface area (Å²) in [5, 5.41) is 4.27. The number of piperidine rings is 1. The molecule has 1 N–H and O–H groups in total. The van der Waals surface area contributed by atoms with E-state index in [9.17, 15) is 4.79 Å². The molecule has 0 bridgehead atoms. The minimum atomic E-state index is 0.166. The van der Waals surface area contributed by atoms with Crippen LogP contribution in [0.2, 0.25) is 0 Å². The first-order valence-electron chi connectivity index (χ1n) is 8.46. The van der Waals surface area contributed by atoms with E-state index in [1.807, 2.05) is 13.8 Å². The van der Waals surface area contributed by atoms with E-state index in [4.69, 9.17) is 0 Å². The van der Waals surface area contributed by atoms with Gasteiger partial charge in [-0.1, -0.05) is 6.92 Å². The summed E-state index contributed by atoms with van der Waals surface area (Å²) in [7, 11) is 0. The Balaban J connectivity index is 2.01. The third-order valence-electron chi connectivity index (χ3n) is 4.62. The smallest absolute Gasteiger partial charge is 0.264 e. The van der Waals surface area contributed by atoms with Gasteiger partial charge in [0.1, 0.15) is 17.0 Å². The van der Waals surface area contributed by atoms with Crippen LogP contribution in [-0.4, -0.2) is 39.9 Å². The summed E-state index contributed by atoms with van der Waals surface area (Å²) < 4.78 is 0. The van der Waals surface area contributed by atoms with E-state index < -0.39 is 0 Å². The van der Waals surface area contributed by atoms with Gasteiger partial charge in [0, 0.05) is 19.1 Å². The molecule has 0 aliphatic carbocycles. The normalized spacial score (nSPS) is 18.4. The zero-order valence-electron chi connectivity index (χ0n) is 14.1. The maximum atomic E-state index is 13.1. The van der Waals surface area contributed by atoms with Crippen molar-refractivity contribution in [2.24, 2.45) is 0 Å². The first kappa shape index (κ1) is 16.2. The first-order chi connectivity index (χ1) is 11.2. The topological polar surface area (TPSA) is 58.1 Å². The highest BCUT2D eigenvalue weighted by Crippen LogP contribution is 2.35. The van der Waals surface area contributed by atoms with Crippen LogP contribution in [0.4, 0.5) is 5.82 Å². The van der Waals surface area contributed by atoms with Crippen LogP contribution in [0.25, 0.3) is 10.2 Å². The number of hydrogen-bond donors (Lipinski definition) is 1. The van der Waals surface area contributed by atoms with Gasteiger partial charge in [-0.05, 0) is 45.1 Å². The largest absolute Gasteiger partial charge is 0.370 e. The Morgan fingerprint density at radius 2 is 2.22 bits per heavy atom. The Morgan fingerprint density at radius 1 is 1.39 bits per heavy atom. The van der Waals surface area contributed by atoms with Gasteiger partial charge in [0.15, 0.2) is 0 Å². The second-order valence-electron chi connectivity index (χ2n) is 6.05. The lowest BCUT2D eigenvalue weighted by atomic mass is 9.99. The highest BCUT2D eigenvalue weighted by Gasteiger charge is 2.29. The van der Waals surface area contributed by atoms with Gasteiger partial charge >= 0.3 is 0 Å². The lowest BCUT2D eigenvalue weighted by Crippen LogP contribution is -2.43. The van der Waals surface area contributed by atoms with Gasteiger partial charge in [-0.15, -0.1) is 11.3 Å². The molecule has 1 aliphatic heterocycles. The van der Waals surface area contributed by atoms with Crippen LogP contribution in [-0.2, 0) is 0 Å². The average molecular weight is 332 g/mol. The quantitative estimate of drug-likeness (QED) is 0.924. The number of nitrogens with one attached hydrogen (secondary N) is 1. The Labute approximate surface area is 141 Å². The highest BCUT2D eigenvalue weighted by molar-refractivity contribution is 7.20. The maximum absolute atomic E-state index is 13.1. The van der Waals surface area contributed by atoms with E-state index in [-0.39, 0.29) is 5.91 Å². The van der Waals surface area contributed by atoms with Crippen molar-refractivity contribution in [2.45, 2.75) is 52.5 Å². The van der Waals surface area contributed by atoms with Crippen molar-refractivity contribution >= 4 is 33.3 Å². The SMILES string of the molecule is CCNc1ncnc2sc(C(=O)N3CCCC[C@H]3CC)c(C)c12. The van der Waals surface area contributed by atoms with E-state index in [2.05, 4.69) is 27.1 Å². The highest BCUT2D eigenvalue weighted by atomic mass is 32.1. The summed E-state index contributed by atoms with van der Waals surface area (Å²) in [5.74, 6) is 0.996. The number of aromatic nitrogens is 2. The molecular weight excluding hydrogens is 308 g/mol. The van der Waals surface area contributed by atoms with Crippen molar-refractivity contribution in [2.75, 3.05) is 18.4 Å². The predicted octanol–water partition coefficient (Wildman–Crippen LogP) is 3.84. The third-order valence-corrected chi connectivity index (χ3v) is 5.81. The van der Waals surface area contributed by atoms with Gasteiger partial charge in [-0.2, -0.15) is 0 Å². The van der Waals surface area contributed by atoms with E-state index in [1.165, 1.54) is 17.8 Å². The van der Waals surface area contributed by atoms with Crippen molar-refractivity contribution in [3.8, 4) is 0 Å². The van der Waals surface area contributed by atoms with E-state index in [1.54, 1.807) is 6.33 Å². The van der Waals surface area contributed by atoms with Crippen LogP contribution < -0.4 is 5.32 Å². The fourth-order valence-electron chi connectivity index (χ4n) is 3.40. The molecule has 1 aliphatic rings. The summed E-state index contributed by atoms with van der Waals surface area (Å²) in [6.45, 7) is 7.90. The molecule has 3 heterocycles. The number of carbonyl (C=O) groups excluding carboxylic acids is 1. The lowest BCUT2D eigenvalue weighted by Gasteiger charge is -2.35. The molecule has 1 fully saturated rings. The number of amides is 1. The van der Waals surface area contributed by atoms with E-state index >= 15 is 0 Å². The Hall–Kier alpha value is -1.69. The molecule has 1 amide bonds. The fourth-order valence-corrected chi connectivity index (χ4v) is 4.50. The molecule has 5 nitrogen and oxygen atoms in total. The van der Waals surface area contributed by atoms with Gasteiger partial charge in [-0.3, -0.25) is 4.79 Å². The fraction of sp³-hybridized carbons (Fsp3) is 0.588. The van der Waals surface area contributed by atoms with E-state index in [0.717, 1.165) is 58.8 Å². The summed E-state index contributed by atoms with van der Waals surface area (Å²) in [4.78, 5) is 25.6. The number of anilines is 1. The van der Waals surface area contributed by atoms with Crippen LogP contribution >= 0.6 is 11.3 Å². The number of rotatable bonds is 4. The summed E-state index contributed by atoms with van der Waals surface area (Å²) in [6, 6.07) is 0.375. The molecule has 2 aromatic rings. The van der Waals surface area contributed by atoms with E-state index in [0.29, 0.717) is 6.04 Å². The van der Waals surface area contributed by atoms with Crippen LogP contribution in [0.3, 0.4) is 0 Å². The first-order valence-corrected chi connectivity index (χ1v) is 9.27. The standard InChI is InChI=1S/C17H24N4OS/c1-4-12-8-6-7-9-21(12)17(22)14-11(3)13-15(18-5-2)19-10-20-16(13)23-14/h10,12H,4-9H2,1-3H3,(H,18,19,20)/t12-/m1/s1. The van der Waals surface area contributed by atoms with Crippen molar-refractivity contribution in [3.05, 3.63) is 16.8 Å². The number of likely N-dealkylation sites (tertiary alicyclic amines) is 1. The van der Waals surface area contributed by atoms with Crippen molar-refractivity contribution < 1.29 is 4.79 Å². The molecule has 0 aromatic carbocycles. The number of nitrogens with zero attached hydrogens (tertiary/aromatic N) is 3. The van der Waals surface area contributed by atoms with Crippen molar-refractivity contribution in [3.63, 3.8) is 0 Å². The Bertz CT molecular complexity index is 712. The summed E-state index contributed by atoms with van der Waals surface area (Å²) in [6.07, 6.45) is 6.05. The molecule has 0 spiro atoms. The molecule has 6 heteroatoms. The molecule has 1 saturated heterocycles. The molecule has 3 rings (SSSR count). The van der Waals surface area contributed by atoms with Crippen LogP contribution in [0.1, 0.15) is 54.8 Å². The summed E-state index contributed by atoms with van der Waals surface area (Å²) >= 11 is 1.50.